The number of ether oxygens (including phenoxy) is 1. The Balaban J connectivity index is 1.47. The van der Waals surface area contributed by atoms with Crippen molar-refractivity contribution < 1.29 is 4.74 Å². The number of para-hydroxylation sites is 2. The number of rotatable bonds is 5. The molecule has 5 nitrogen and oxygen atoms in total. The number of benzene rings is 2. The second-order valence-electron chi connectivity index (χ2n) is 6.64. The molecular weight excluding hydrogens is 368 g/mol. The number of piperazine rings is 1. The Bertz CT molecular complexity index is 924. The van der Waals surface area contributed by atoms with Crippen LogP contribution in [-0.4, -0.2) is 49.5 Å². The second kappa shape index (κ2) is 8.52. The van der Waals surface area contributed by atoms with Gasteiger partial charge < -0.3 is 14.5 Å². The zero-order valence-corrected chi connectivity index (χ0v) is 17.0. The molecule has 4 rings (SSSR count). The maximum Gasteiger partial charge on any atom is 0.147 e. The third kappa shape index (κ3) is 3.92. The van der Waals surface area contributed by atoms with Crippen molar-refractivity contribution >= 4 is 23.3 Å². The van der Waals surface area contributed by atoms with Crippen molar-refractivity contribution in [2.75, 3.05) is 49.3 Å². The summed E-state index contributed by atoms with van der Waals surface area (Å²) in [6.07, 6.45) is 5.78. The lowest BCUT2D eigenvalue weighted by Gasteiger charge is -2.37. The predicted octanol–water partition coefficient (Wildman–Crippen LogP) is 4.20. The maximum atomic E-state index is 5.51. The molecule has 0 amide bonds. The Morgan fingerprint density at radius 3 is 2.32 bits per heavy atom. The van der Waals surface area contributed by atoms with Crippen LogP contribution in [0.3, 0.4) is 0 Å². The van der Waals surface area contributed by atoms with Gasteiger partial charge in [-0.2, -0.15) is 0 Å². The zero-order valence-electron chi connectivity index (χ0n) is 16.2. The molecule has 6 heteroatoms. The van der Waals surface area contributed by atoms with Crippen molar-refractivity contribution in [1.29, 1.82) is 0 Å². The van der Waals surface area contributed by atoms with Gasteiger partial charge in [0.15, 0.2) is 0 Å². The van der Waals surface area contributed by atoms with E-state index in [2.05, 4.69) is 57.4 Å². The van der Waals surface area contributed by atoms with Crippen molar-refractivity contribution in [1.82, 2.24) is 9.97 Å². The molecule has 0 bridgehead atoms. The highest BCUT2D eigenvalue weighted by atomic mass is 32.2. The number of thioether (sulfide) groups is 1. The number of hydrogen-bond acceptors (Lipinski definition) is 6. The fourth-order valence-electron chi connectivity index (χ4n) is 3.48. The lowest BCUT2D eigenvalue weighted by atomic mass is 10.1. The monoisotopic (exact) mass is 392 g/mol. The molecule has 2 aromatic carbocycles. The van der Waals surface area contributed by atoms with E-state index >= 15 is 0 Å². The maximum absolute atomic E-state index is 5.51. The SMILES string of the molecule is COc1ccccc1N1CCN(c2cncc(-c3ccc(SC)cc3)n2)CC1. The van der Waals surface area contributed by atoms with Crippen LogP contribution in [-0.2, 0) is 0 Å². The lowest BCUT2D eigenvalue weighted by molar-refractivity contribution is 0.413. The van der Waals surface area contributed by atoms with Gasteiger partial charge in [-0.1, -0.05) is 24.3 Å². The van der Waals surface area contributed by atoms with Gasteiger partial charge in [0.1, 0.15) is 11.6 Å². The van der Waals surface area contributed by atoms with Gasteiger partial charge in [-0.05, 0) is 30.5 Å². The summed E-state index contributed by atoms with van der Waals surface area (Å²) in [4.78, 5) is 15.2. The van der Waals surface area contributed by atoms with Crippen LogP contribution in [0.1, 0.15) is 0 Å². The molecule has 1 aliphatic heterocycles. The number of aromatic nitrogens is 2. The standard InChI is InChI=1S/C22H24N4OS/c1-27-21-6-4-3-5-20(21)25-11-13-26(14-12-25)22-16-23-15-19(24-22)17-7-9-18(28-2)10-8-17/h3-10,15-16H,11-14H2,1-2H3. The molecule has 0 atom stereocenters. The molecule has 3 aromatic rings. The minimum atomic E-state index is 0.904. The van der Waals surface area contributed by atoms with E-state index in [4.69, 9.17) is 9.72 Å². The third-order valence-electron chi connectivity index (χ3n) is 5.04. The van der Waals surface area contributed by atoms with E-state index in [0.29, 0.717) is 0 Å². The molecule has 0 aliphatic carbocycles. The molecule has 28 heavy (non-hydrogen) atoms. The Labute approximate surface area is 170 Å². The molecule has 0 unspecified atom stereocenters. The van der Waals surface area contributed by atoms with E-state index < -0.39 is 0 Å². The first-order valence-electron chi connectivity index (χ1n) is 9.38. The van der Waals surface area contributed by atoms with Crippen LogP contribution in [0.5, 0.6) is 5.75 Å². The predicted molar refractivity (Wildman–Crippen MR) is 117 cm³/mol. The molecule has 2 heterocycles. The van der Waals surface area contributed by atoms with Gasteiger partial charge in [0, 0.05) is 36.6 Å². The van der Waals surface area contributed by atoms with Crippen LogP contribution in [0.15, 0.2) is 65.8 Å². The molecule has 0 saturated carbocycles. The Hall–Kier alpha value is -2.73. The summed E-state index contributed by atoms with van der Waals surface area (Å²) in [5.74, 6) is 1.86. The topological polar surface area (TPSA) is 41.5 Å². The van der Waals surface area contributed by atoms with Crippen molar-refractivity contribution in [3.8, 4) is 17.0 Å². The Morgan fingerprint density at radius 1 is 0.893 bits per heavy atom. The van der Waals surface area contributed by atoms with Gasteiger partial charge in [-0.15, -0.1) is 11.8 Å². The fraction of sp³-hybridized carbons (Fsp3) is 0.273. The van der Waals surface area contributed by atoms with Crippen molar-refractivity contribution in [2.45, 2.75) is 4.90 Å². The van der Waals surface area contributed by atoms with Crippen LogP contribution < -0.4 is 14.5 Å². The van der Waals surface area contributed by atoms with Gasteiger partial charge in [-0.25, -0.2) is 4.98 Å². The fourth-order valence-corrected chi connectivity index (χ4v) is 3.88. The Morgan fingerprint density at radius 2 is 1.61 bits per heavy atom. The summed E-state index contributed by atoms with van der Waals surface area (Å²) in [6.45, 7) is 3.66. The van der Waals surface area contributed by atoms with Crippen LogP contribution in [0.4, 0.5) is 11.5 Å². The number of methoxy groups -OCH3 is 1. The quantitative estimate of drug-likeness (QED) is 0.606. The van der Waals surface area contributed by atoms with Crippen LogP contribution in [0.25, 0.3) is 11.3 Å². The average Bonchev–Trinajstić information content (AvgIpc) is 2.79. The molecule has 144 valence electrons. The van der Waals surface area contributed by atoms with Gasteiger partial charge in [0.25, 0.3) is 0 Å². The van der Waals surface area contributed by atoms with Gasteiger partial charge >= 0.3 is 0 Å². The molecule has 1 saturated heterocycles. The second-order valence-corrected chi connectivity index (χ2v) is 7.52. The molecular formula is C22H24N4OS. The highest BCUT2D eigenvalue weighted by Gasteiger charge is 2.21. The highest BCUT2D eigenvalue weighted by molar-refractivity contribution is 7.98. The first kappa shape index (κ1) is 18.6. The molecule has 1 aliphatic rings. The smallest absolute Gasteiger partial charge is 0.147 e. The van der Waals surface area contributed by atoms with Crippen molar-refractivity contribution in [3.05, 3.63) is 60.9 Å². The van der Waals surface area contributed by atoms with E-state index in [1.807, 2.05) is 24.5 Å². The minimum Gasteiger partial charge on any atom is -0.495 e. The first-order valence-corrected chi connectivity index (χ1v) is 10.6. The normalized spacial score (nSPS) is 14.2. The van der Waals surface area contributed by atoms with Gasteiger partial charge in [0.2, 0.25) is 0 Å². The summed E-state index contributed by atoms with van der Waals surface area (Å²) in [5.41, 5.74) is 3.16. The summed E-state index contributed by atoms with van der Waals surface area (Å²) < 4.78 is 5.51. The molecule has 1 fully saturated rings. The molecule has 0 N–H and O–H groups in total. The van der Waals surface area contributed by atoms with E-state index in [0.717, 1.165) is 54.7 Å². The number of nitrogens with zero attached hydrogens (tertiary/aromatic N) is 4. The molecule has 0 radical (unpaired) electrons. The van der Waals surface area contributed by atoms with Gasteiger partial charge in [-0.3, -0.25) is 4.98 Å². The third-order valence-corrected chi connectivity index (χ3v) is 5.78. The minimum absolute atomic E-state index is 0.904. The van der Waals surface area contributed by atoms with E-state index in [1.54, 1.807) is 18.9 Å². The first-order chi connectivity index (χ1) is 13.8. The molecule has 1 aromatic heterocycles. The van der Waals surface area contributed by atoms with Crippen LogP contribution in [0.2, 0.25) is 0 Å². The summed E-state index contributed by atoms with van der Waals surface area (Å²) in [7, 11) is 1.72. The molecule has 0 spiro atoms. The zero-order chi connectivity index (χ0) is 19.3. The van der Waals surface area contributed by atoms with E-state index in [1.165, 1.54) is 4.90 Å². The van der Waals surface area contributed by atoms with E-state index in [9.17, 15) is 0 Å². The number of hydrogen-bond donors (Lipinski definition) is 0. The number of anilines is 2. The van der Waals surface area contributed by atoms with Crippen molar-refractivity contribution in [3.63, 3.8) is 0 Å². The summed E-state index contributed by atoms with van der Waals surface area (Å²) >= 11 is 1.74. The summed E-state index contributed by atoms with van der Waals surface area (Å²) in [6, 6.07) is 16.7. The Kier molecular flexibility index (Phi) is 5.67. The van der Waals surface area contributed by atoms with Gasteiger partial charge in [0.05, 0.1) is 30.9 Å². The van der Waals surface area contributed by atoms with E-state index in [-0.39, 0.29) is 0 Å². The lowest BCUT2D eigenvalue weighted by Crippen LogP contribution is -2.47. The van der Waals surface area contributed by atoms with Crippen molar-refractivity contribution in [2.24, 2.45) is 0 Å². The van der Waals surface area contributed by atoms with Crippen LogP contribution >= 0.6 is 11.8 Å². The average molecular weight is 393 g/mol. The van der Waals surface area contributed by atoms with Crippen LogP contribution in [0, 0.1) is 0 Å². The highest BCUT2D eigenvalue weighted by Crippen LogP contribution is 2.29. The largest absolute Gasteiger partial charge is 0.495 e. The summed E-state index contributed by atoms with van der Waals surface area (Å²) in [5, 5.41) is 0.